The Morgan fingerprint density at radius 1 is 1.30 bits per heavy atom. The molecule has 110 valence electrons. The summed E-state index contributed by atoms with van der Waals surface area (Å²) in [6.45, 7) is 6.30. The minimum absolute atomic E-state index is 0. The molecule has 1 aromatic carbocycles. The van der Waals surface area contributed by atoms with E-state index in [1.54, 1.807) is 0 Å². The van der Waals surface area contributed by atoms with Gasteiger partial charge in [0, 0.05) is 38.4 Å². The van der Waals surface area contributed by atoms with Crippen molar-refractivity contribution in [2.45, 2.75) is 19.4 Å². The second kappa shape index (κ2) is 6.65. The van der Waals surface area contributed by atoms with Crippen molar-refractivity contribution < 1.29 is 0 Å². The van der Waals surface area contributed by atoms with Gasteiger partial charge in [-0.2, -0.15) is 0 Å². The van der Waals surface area contributed by atoms with E-state index >= 15 is 0 Å². The van der Waals surface area contributed by atoms with Crippen LogP contribution in [0.3, 0.4) is 0 Å². The number of aliphatic imine (C=N–C) groups is 1. The summed E-state index contributed by atoms with van der Waals surface area (Å²) < 4.78 is 0. The maximum atomic E-state index is 4.47. The average Bonchev–Trinajstić information content (AvgIpc) is 3.02. The predicted octanol–water partition coefficient (Wildman–Crippen LogP) is 1.95. The Morgan fingerprint density at radius 2 is 2.10 bits per heavy atom. The number of hydrogen-bond acceptors (Lipinski definition) is 4. The van der Waals surface area contributed by atoms with E-state index in [2.05, 4.69) is 58.3 Å². The first kappa shape index (κ1) is 15.4. The monoisotopic (exact) mass is 386 g/mol. The van der Waals surface area contributed by atoms with Gasteiger partial charge in [-0.1, -0.05) is 18.2 Å². The zero-order chi connectivity index (χ0) is 13.2. The molecule has 0 saturated carbocycles. The lowest BCUT2D eigenvalue weighted by atomic mass is 10.2. The maximum Gasteiger partial charge on any atom is 0.193 e. The van der Waals surface area contributed by atoms with Crippen LogP contribution in [0.2, 0.25) is 0 Å². The molecule has 1 atom stereocenters. The lowest BCUT2D eigenvalue weighted by Crippen LogP contribution is -2.44. The summed E-state index contributed by atoms with van der Waals surface area (Å²) in [7, 11) is 2.09. The van der Waals surface area contributed by atoms with Gasteiger partial charge in [-0.3, -0.25) is 4.99 Å². The first-order valence-electron chi connectivity index (χ1n) is 7.09. The molecule has 2 heterocycles. The fourth-order valence-corrected chi connectivity index (χ4v) is 2.89. The molecule has 0 bridgehead atoms. The fraction of sp³-hybridized carbons (Fsp3) is 0.533. The van der Waals surface area contributed by atoms with Gasteiger partial charge >= 0.3 is 0 Å². The molecule has 4 nitrogen and oxygen atoms in total. The van der Waals surface area contributed by atoms with Crippen LogP contribution in [0, 0.1) is 0 Å². The highest BCUT2D eigenvalue weighted by atomic mass is 127. The minimum atomic E-state index is 0. The highest BCUT2D eigenvalue weighted by Gasteiger charge is 2.23. The standard InChI is InChI=1S/C15H22N4.HI/c1-12(11-17-15-16-8-10-18(15)2)19-9-7-13-5-3-4-6-14(13)19;/h3-6,12H,7-11H2,1-2H3,(H,16,17);1H. The molecule has 2 aliphatic heterocycles. The van der Waals surface area contributed by atoms with Gasteiger partial charge in [0.1, 0.15) is 0 Å². The molecule has 0 radical (unpaired) electrons. The van der Waals surface area contributed by atoms with Crippen molar-refractivity contribution in [3.63, 3.8) is 0 Å². The molecule has 0 saturated heterocycles. The Labute approximate surface area is 138 Å². The van der Waals surface area contributed by atoms with Crippen molar-refractivity contribution in [3.05, 3.63) is 29.8 Å². The second-order valence-electron chi connectivity index (χ2n) is 5.43. The SMILES string of the molecule is CC(CNC1=NCCN1C)N1CCc2ccccc21.I. The van der Waals surface area contributed by atoms with E-state index in [9.17, 15) is 0 Å². The van der Waals surface area contributed by atoms with Gasteiger partial charge in [0.2, 0.25) is 0 Å². The van der Waals surface area contributed by atoms with E-state index in [-0.39, 0.29) is 24.0 Å². The normalized spacial score (nSPS) is 18.4. The van der Waals surface area contributed by atoms with Crippen molar-refractivity contribution in [2.75, 3.05) is 38.1 Å². The third kappa shape index (κ3) is 3.02. The summed E-state index contributed by atoms with van der Waals surface area (Å²) in [6.07, 6.45) is 1.17. The summed E-state index contributed by atoms with van der Waals surface area (Å²) in [6, 6.07) is 9.22. The summed E-state index contributed by atoms with van der Waals surface area (Å²) in [5.74, 6) is 1.04. The number of likely N-dealkylation sites (N-methyl/N-ethyl adjacent to an activating group) is 1. The Balaban J connectivity index is 0.00000147. The van der Waals surface area contributed by atoms with Gasteiger partial charge in [-0.25, -0.2) is 0 Å². The summed E-state index contributed by atoms with van der Waals surface area (Å²) in [5, 5.41) is 3.47. The maximum absolute atomic E-state index is 4.47. The third-order valence-electron chi connectivity index (χ3n) is 4.07. The highest BCUT2D eigenvalue weighted by molar-refractivity contribution is 14.0. The van der Waals surface area contributed by atoms with Crippen molar-refractivity contribution in [1.29, 1.82) is 0 Å². The molecule has 2 aliphatic rings. The minimum Gasteiger partial charge on any atom is -0.366 e. The van der Waals surface area contributed by atoms with Gasteiger partial charge in [-0.15, -0.1) is 24.0 Å². The molecular weight excluding hydrogens is 363 g/mol. The van der Waals surface area contributed by atoms with E-state index < -0.39 is 0 Å². The van der Waals surface area contributed by atoms with Crippen LogP contribution >= 0.6 is 24.0 Å². The molecule has 0 amide bonds. The fourth-order valence-electron chi connectivity index (χ4n) is 2.89. The Kier molecular flexibility index (Phi) is 5.12. The van der Waals surface area contributed by atoms with Crippen LogP contribution in [0.5, 0.6) is 0 Å². The van der Waals surface area contributed by atoms with Crippen molar-refractivity contribution in [2.24, 2.45) is 4.99 Å². The van der Waals surface area contributed by atoms with Gasteiger partial charge in [0.15, 0.2) is 5.96 Å². The lowest BCUT2D eigenvalue weighted by Gasteiger charge is -2.28. The average molecular weight is 386 g/mol. The number of halogens is 1. The molecule has 1 unspecified atom stereocenters. The topological polar surface area (TPSA) is 30.9 Å². The highest BCUT2D eigenvalue weighted by Crippen LogP contribution is 2.28. The van der Waals surface area contributed by atoms with E-state index in [0.717, 1.165) is 32.1 Å². The molecular formula is C15H23IN4. The van der Waals surface area contributed by atoms with Gasteiger partial charge in [-0.05, 0) is 25.0 Å². The Hall–Kier alpha value is -0.980. The van der Waals surface area contributed by atoms with Crippen LogP contribution < -0.4 is 10.2 Å². The molecule has 0 aromatic heterocycles. The zero-order valence-corrected chi connectivity index (χ0v) is 14.5. The number of fused-ring (bicyclic) bond motifs is 1. The first-order valence-corrected chi connectivity index (χ1v) is 7.09. The largest absolute Gasteiger partial charge is 0.366 e. The van der Waals surface area contributed by atoms with E-state index in [0.29, 0.717) is 6.04 Å². The second-order valence-corrected chi connectivity index (χ2v) is 5.43. The number of anilines is 1. The van der Waals surface area contributed by atoms with Crippen molar-refractivity contribution in [3.8, 4) is 0 Å². The van der Waals surface area contributed by atoms with E-state index in [1.165, 1.54) is 17.7 Å². The number of guanidine groups is 1. The van der Waals surface area contributed by atoms with Crippen LogP contribution in [-0.2, 0) is 6.42 Å². The van der Waals surface area contributed by atoms with Gasteiger partial charge in [0.05, 0.1) is 6.54 Å². The summed E-state index contributed by atoms with van der Waals surface area (Å²) >= 11 is 0. The molecule has 0 aliphatic carbocycles. The molecule has 0 fully saturated rings. The zero-order valence-electron chi connectivity index (χ0n) is 12.2. The predicted molar refractivity (Wildman–Crippen MR) is 95.3 cm³/mol. The van der Waals surface area contributed by atoms with Crippen molar-refractivity contribution >= 4 is 35.6 Å². The third-order valence-corrected chi connectivity index (χ3v) is 4.07. The van der Waals surface area contributed by atoms with E-state index in [4.69, 9.17) is 0 Å². The molecule has 5 heteroatoms. The molecule has 0 spiro atoms. The number of nitrogens with one attached hydrogen (secondary N) is 1. The summed E-state index contributed by atoms with van der Waals surface area (Å²) in [5.41, 5.74) is 2.88. The molecule has 1 aromatic rings. The molecule has 1 N–H and O–H groups in total. The van der Waals surface area contributed by atoms with E-state index in [1.807, 2.05) is 0 Å². The number of benzene rings is 1. The van der Waals surface area contributed by atoms with Crippen LogP contribution in [0.25, 0.3) is 0 Å². The smallest absolute Gasteiger partial charge is 0.193 e. The van der Waals surface area contributed by atoms with Crippen LogP contribution in [0.1, 0.15) is 12.5 Å². The number of hydrogen-bond donors (Lipinski definition) is 1. The van der Waals surface area contributed by atoms with Gasteiger partial charge < -0.3 is 15.1 Å². The Morgan fingerprint density at radius 3 is 2.85 bits per heavy atom. The summed E-state index contributed by atoms with van der Waals surface area (Å²) in [4.78, 5) is 9.16. The molecule has 3 rings (SSSR count). The number of para-hydroxylation sites is 1. The van der Waals surface area contributed by atoms with Crippen molar-refractivity contribution in [1.82, 2.24) is 10.2 Å². The Bertz CT molecular complexity index is 489. The number of nitrogens with zero attached hydrogens (tertiary/aromatic N) is 3. The lowest BCUT2D eigenvalue weighted by molar-refractivity contribution is 0.524. The quantitative estimate of drug-likeness (QED) is 0.806. The van der Waals surface area contributed by atoms with Crippen LogP contribution in [0.15, 0.2) is 29.3 Å². The van der Waals surface area contributed by atoms with Crippen LogP contribution in [0.4, 0.5) is 5.69 Å². The number of rotatable bonds is 3. The first-order chi connectivity index (χ1) is 9.25. The molecule has 20 heavy (non-hydrogen) atoms. The van der Waals surface area contributed by atoms with Gasteiger partial charge in [0.25, 0.3) is 0 Å². The van der Waals surface area contributed by atoms with Crippen LogP contribution in [-0.4, -0.2) is 50.1 Å².